The summed E-state index contributed by atoms with van der Waals surface area (Å²) in [6.07, 6.45) is 6.40. The summed E-state index contributed by atoms with van der Waals surface area (Å²) in [5, 5.41) is 7.19. The summed E-state index contributed by atoms with van der Waals surface area (Å²) in [6, 6.07) is -0.316. The number of nitrogens with zero attached hydrogens (tertiary/aromatic N) is 5. The van der Waals surface area contributed by atoms with E-state index in [0.717, 1.165) is 5.82 Å². The highest BCUT2D eigenvalue weighted by Gasteiger charge is 2.36. The molecule has 2 aromatic rings. The largest absolute Gasteiger partial charge is 0.337 e. The van der Waals surface area contributed by atoms with Gasteiger partial charge in [0.1, 0.15) is 10.7 Å². The molecular weight excluding hydrogens is 292 g/mol. The predicted octanol–water partition coefficient (Wildman–Crippen LogP) is -0.511. The smallest absolute Gasteiger partial charge is 0.246 e. The highest BCUT2D eigenvalue weighted by molar-refractivity contribution is 7.89. The fourth-order valence-electron chi connectivity index (χ4n) is 2.56. The molecule has 1 aliphatic rings. The molecule has 0 aromatic carbocycles. The molecule has 3 rings (SSSR count). The van der Waals surface area contributed by atoms with Crippen LogP contribution in [0.5, 0.6) is 0 Å². The lowest BCUT2D eigenvalue weighted by Crippen LogP contribution is -2.49. The van der Waals surface area contributed by atoms with Crippen molar-refractivity contribution >= 4 is 10.0 Å². The van der Waals surface area contributed by atoms with Crippen molar-refractivity contribution in [1.29, 1.82) is 0 Å². The fraction of sp³-hybridized carbons (Fsp3) is 0.500. The summed E-state index contributed by atoms with van der Waals surface area (Å²) in [5.74, 6) is 0.731. The van der Waals surface area contributed by atoms with Crippen LogP contribution in [-0.2, 0) is 24.1 Å². The van der Waals surface area contributed by atoms with E-state index < -0.39 is 10.0 Å². The Morgan fingerprint density at radius 3 is 2.81 bits per heavy atom. The predicted molar refractivity (Wildman–Crippen MR) is 75.9 cm³/mol. The van der Waals surface area contributed by atoms with Gasteiger partial charge >= 0.3 is 0 Å². The Balaban J connectivity index is 2.00. The molecule has 1 fully saturated rings. The number of imidazole rings is 1. The Bertz CT molecular complexity index is 735. The zero-order chi connectivity index (χ0) is 15.0. The van der Waals surface area contributed by atoms with Gasteiger partial charge in [-0.3, -0.25) is 4.68 Å². The average Bonchev–Trinajstić information content (AvgIpc) is 3.08. The van der Waals surface area contributed by atoms with E-state index in [1.54, 1.807) is 13.2 Å². The first-order valence-corrected chi connectivity index (χ1v) is 8.12. The minimum atomic E-state index is -3.58. The minimum Gasteiger partial charge on any atom is -0.337 e. The first-order chi connectivity index (χ1) is 10.00. The summed E-state index contributed by atoms with van der Waals surface area (Å²) in [4.78, 5) is 4.51. The topological polar surface area (TPSA) is 85.0 Å². The van der Waals surface area contributed by atoms with Crippen molar-refractivity contribution in [3.05, 3.63) is 30.6 Å². The standard InChI is InChI=1S/C12H18N6O2S/c1-16-5-4-14-12(16)11-8-13-3-6-18(11)21(19,20)10-7-15-17(2)9-10/h4-5,7,9,11,13H,3,6,8H2,1-2H3. The molecule has 0 aliphatic carbocycles. The van der Waals surface area contributed by atoms with Crippen LogP contribution in [0.15, 0.2) is 29.7 Å². The van der Waals surface area contributed by atoms with Gasteiger partial charge in [0.05, 0.1) is 12.2 Å². The van der Waals surface area contributed by atoms with Crippen molar-refractivity contribution in [3.63, 3.8) is 0 Å². The Morgan fingerprint density at radius 2 is 2.19 bits per heavy atom. The van der Waals surface area contributed by atoms with Gasteiger partial charge in [0.25, 0.3) is 0 Å². The molecule has 21 heavy (non-hydrogen) atoms. The van der Waals surface area contributed by atoms with E-state index in [0.29, 0.717) is 19.6 Å². The van der Waals surface area contributed by atoms with E-state index in [4.69, 9.17) is 0 Å². The molecule has 0 saturated carbocycles. The number of sulfonamides is 1. The van der Waals surface area contributed by atoms with Gasteiger partial charge in [-0.05, 0) is 0 Å². The van der Waals surface area contributed by atoms with Gasteiger partial charge in [0.15, 0.2) is 0 Å². The SMILES string of the molecule is Cn1cc(S(=O)(=O)N2CCNCC2c2nccn2C)cn1. The van der Waals surface area contributed by atoms with Crippen molar-refractivity contribution < 1.29 is 8.42 Å². The Hall–Kier alpha value is -1.71. The number of aryl methyl sites for hydroxylation is 2. The van der Waals surface area contributed by atoms with Crippen LogP contribution in [0.2, 0.25) is 0 Å². The maximum atomic E-state index is 12.8. The van der Waals surface area contributed by atoms with E-state index >= 15 is 0 Å². The van der Waals surface area contributed by atoms with Gasteiger partial charge in [0.2, 0.25) is 10.0 Å². The van der Waals surface area contributed by atoms with Crippen LogP contribution in [0.3, 0.4) is 0 Å². The molecule has 0 radical (unpaired) electrons. The fourth-order valence-corrected chi connectivity index (χ4v) is 4.13. The maximum Gasteiger partial charge on any atom is 0.246 e. The van der Waals surface area contributed by atoms with Crippen molar-refractivity contribution in [2.75, 3.05) is 19.6 Å². The molecule has 0 spiro atoms. The van der Waals surface area contributed by atoms with E-state index in [9.17, 15) is 8.42 Å². The van der Waals surface area contributed by atoms with Crippen molar-refractivity contribution in [2.24, 2.45) is 14.1 Å². The van der Waals surface area contributed by atoms with Crippen LogP contribution >= 0.6 is 0 Å². The van der Waals surface area contributed by atoms with Gasteiger partial charge in [0, 0.05) is 52.3 Å². The third kappa shape index (κ3) is 2.47. The Morgan fingerprint density at radius 1 is 1.38 bits per heavy atom. The van der Waals surface area contributed by atoms with E-state index in [1.807, 2.05) is 17.8 Å². The van der Waals surface area contributed by atoms with Crippen molar-refractivity contribution in [3.8, 4) is 0 Å². The zero-order valence-electron chi connectivity index (χ0n) is 12.0. The molecule has 1 aliphatic heterocycles. The third-order valence-corrected chi connectivity index (χ3v) is 5.50. The minimum absolute atomic E-state index is 0.214. The number of aromatic nitrogens is 4. The first-order valence-electron chi connectivity index (χ1n) is 6.68. The molecule has 2 aromatic heterocycles. The molecule has 0 amide bonds. The second kappa shape index (κ2) is 5.24. The number of hydrogen-bond acceptors (Lipinski definition) is 5. The second-order valence-corrected chi connectivity index (χ2v) is 6.97. The molecule has 1 N–H and O–H groups in total. The van der Waals surface area contributed by atoms with Crippen LogP contribution in [-0.4, -0.2) is 51.7 Å². The van der Waals surface area contributed by atoms with Crippen molar-refractivity contribution in [2.45, 2.75) is 10.9 Å². The van der Waals surface area contributed by atoms with Crippen LogP contribution in [0.1, 0.15) is 11.9 Å². The number of rotatable bonds is 3. The van der Waals surface area contributed by atoms with Gasteiger partial charge in [-0.15, -0.1) is 0 Å². The summed E-state index contributed by atoms with van der Waals surface area (Å²) < 4.78 is 30.5. The summed E-state index contributed by atoms with van der Waals surface area (Å²) in [7, 11) is -0.00823. The van der Waals surface area contributed by atoms with Gasteiger partial charge < -0.3 is 9.88 Å². The summed E-state index contributed by atoms with van der Waals surface area (Å²) in [5.41, 5.74) is 0. The quantitative estimate of drug-likeness (QED) is 0.825. The van der Waals surface area contributed by atoms with E-state index in [-0.39, 0.29) is 10.9 Å². The van der Waals surface area contributed by atoms with E-state index in [1.165, 1.54) is 21.4 Å². The number of hydrogen-bond donors (Lipinski definition) is 1. The third-order valence-electron chi connectivity index (χ3n) is 3.64. The van der Waals surface area contributed by atoms with Crippen LogP contribution in [0.4, 0.5) is 0 Å². The highest BCUT2D eigenvalue weighted by atomic mass is 32.2. The molecule has 8 nitrogen and oxygen atoms in total. The normalized spacial score (nSPS) is 20.8. The Kier molecular flexibility index (Phi) is 3.56. The summed E-state index contributed by atoms with van der Waals surface area (Å²) in [6.45, 7) is 1.58. The molecular formula is C12H18N6O2S. The molecule has 0 bridgehead atoms. The van der Waals surface area contributed by atoms with Gasteiger partial charge in [-0.25, -0.2) is 13.4 Å². The van der Waals surface area contributed by atoms with Crippen LogP contribution in [0.25, 0.3) is 0 Å². The second-order valence-electron chi connectivity index (χ2n) is 5.08. The zero-order valence-corrected chi connectivity index (χ0v) is 12.8. The maximum absolute atomic E-state index is 12.8. The lowest BCUT2D eigenvalue weighted by Gasteiger charge is -2.34. The van der Waals surface area contributed by atoms with Gasteiger partial charge in [-0.2, -0.15) is 9.40 Å². The lowest BCUT2D eigenvalue weighted by atomic mass is 10.2. The number of piperazine rings is 1. The lowest BCUT2D eigenvalue weighted by molar-refractivity contribution is 0.258. The van der Waals surface area contributed by atoms with Crippen LogP contribution in [0, 0.1) is 0 Å². The molecule has 1 atom stereocenters. The van der Waals surface area contributed by atoms with E-state index in [2.05, 4.69) is 15.4 Å². The van der Waals surface area contributed by atoms with Crippen LogP contribution < -0.4 is 5.32 Å². The molecule has 1 unspecified atom stereocenters. The molecule has 3 heterocycles. The number of nitrogens with one attached hydrogen (secondary N) is 1. The van der Waals surface area contributed by atoms with Gasteiger partial charge in [-0.1, -0.05) is 0 Å². The molecule has 1 saturated heterocycles. The highest BCUT2D eigenvalue weighted by Crippen LogP contribution is 2.27. The average molecular weight is 310 g/mol. The first kappa shape index (κ1) is 14.2. The van der Waals surface area contributed by atoms with Crippen molar-refractivity contribution in [1.82, 2.24) is 29.0 Å². The summed E-state index contributed by atoms with van der Waals surface area (Å²) >= 11 is 0. The molecule has 114 valence electrons. The monoisotopic (exact) mass is 310 g/mol. The Labute approximate surface area is 123 Å². The molecule has 9 heteroatoms.